The standard InChI is InChI=1S/C12H14.4C11H13N.2C9H11N3.7C2H6/c1-8-5-4-6-11-7-9(2)10(3)12(8)11;1-7-4-10-6-12-5-8(2)11(10)9(7)3;1-7-6-10-4-5-12-9(3)11(10)8(7)2;1-7-4-5-12-10-6-8(2)9(3)11(7)10;1-8-5-4-6-12-7-9(2)10(3)11(8)12;1-6-4-10-5-8-9(6)12(3)7(2)11-8;1-6-4-5-10-9-8(6)12(3)7(2)11-9;7*1-2/h4-6H,7H2,1-3H3;5-6H,4H2,1-3H3;2*4-5H,6H2,1-3H3;4-7H,1-3H3;2*4-5H,1-3H3;7*1-2H3. The van der Waals surface area contributed by atoms with Crippen molar-refractivity contribution in [1.82, 2.24) is 48.4 Å². The Kier molecular flexibility index (Phi) is 39.2. The van der Waals surface area contributed by atoms with Crippen molar-refractivity contribution in [2.24, 2.45) is 14.1 Å². The van der Waals surface area contributed by atoms with Gasteiger partial charge in [0.2, 0.25) is 0 Å². The summed E-state index contributed by atoms with van der Waals surface area (Å²) in [6.07, 6.45) is 21.9. The molecule has 0 N–H and O–H groups in total. The number of hydrogen-bond acceptors (Lipinski definition) is 7. The van der Waals surface area contributed by atoms with Crippen LogP contribution < -0.4 is 0 Å². The lowest BCUT2D eigenvalue weighted by atomic mass is 10.0. The summed E-state index contributed by atoms with van der Waals surface area (Å²) in [5.41, 5.74) is 40.3. The fourth-order valence-corrected chi connectivity index (χ4v) is 12.4. The predicted octanol–water partition coefficient (Wildman–Crippen LogP) is 24.8. The van der Waals surface area contributed by atoms with Crippen LogP contribution in [-0.4, -0.2) is 48.4 Å². The summed E-state index contributed by atoms with van der Waals surface area (Å²) >= 11 is 0. The maximum absolute atomic E-state index is 4.38. The number of aromatic nitrogens is 10. The van der Waals surface area contributed by atoms with Crippen molar-refractivity contribution < 1.29 is 0 Å². The minimum Gasteiger partial charge on any atom is -0.331 e. The first-order valence-electron chi connectivity index (χ1n) is 36.5. The molecule has 9 heterocycles. The topological polar surface area (TPSA) is 104 Å². The number of allylic oxidation sites excluding steroid dienone is 8. The molecule has 0 atom stereocenters. The van der Waals surface area contributed by atoms with Crippen LogP contribution in [0.1, 0.15) is 259 Å². The van der Waals surface area contributed by atoms with Crippen molar-refractivity contribution in [3.8, 4) is 0 Å². The van der Waals surface area contributed by atoms with Crippen LogP contribution >= 0.6 is 0 Å². The molecule has 0 saturated heterocycles. The van der Waals surface area contributed by atoms with Gasteiger partial charge in [-0.1, -0.05) is 143 Å². The molecule has 532 valence electrons. The van der Waals surface area contributed by atoms with Gasteiger partial charge in [0.1, 0.15) is 17.2 Å². The largest absolute Gasteiger partial charge is 0.331 e. The monoisotopic (exact) mass is 1330 g/mol. The number of imidazole rings is 2. The Hall–Kier alpha value is -8.37. The minimum atomic E-state index is 0.843. The molecule has 10 aromatic rings. The van der Waals surface area contributed by atoms with E-state index < -0.39 is 0 Å². The van der Waals surface area contributed by atoms with Crippen LogP contribution in [-0.2, 0) is 39.8 Å². The van der Waals surface area contributed by atoms with Crippen molar-refractivity contribution >= 4 is 50.0 Å². The molecule has 0 radical (unpaired) electrons. The van der Waals surface area contributed by atoms with Crippen LogP contribution in [0.15, 0.2) is 127 Å². The molecule has 4 aliphatic carbocycles. The van der Waals surface area contributed by atoms with E-state index in [0.717, 1.165) is 54.0 Å². The van der Waals surface area contributed by atoms with Crippen LogP contribution in [0.25, 0.3) is 50.0 Å². The quantitative estimate of drug-likeness (QED) is 0.149. The number of aryl methyl sites for hydroxylation is 13. The van der Waals surface area contributed by atoms with E-state index in [4.69, 9.17) is 0 Å². The highest BCUT2D eigenvalue weighted by Gasteiger charge is 2.21. The van der Waals surface area contributed by atoms with Crippen molar-refractivity contribution in [3.63, 3.8) is 0 Å². The highest BCUT2D eigenvalue weighted by atomic mass is 15.1. The van der Waals surface area contributed by atoms with E-state index in [0.29, 0.717) is 0 Å². The third-order valence-electron chi connectivity index (χ3n) is 17.8. The zero-order valence-corrected chi connectivity index (χ0v) is 68.1. The molecule has 0 aliphatic heterocycles. The zero-order chi connectivity index (χ0) is 75.0. The fourth-order valence-electron chi connectivity index (χ4n) is 12.4. The molecule has 0 bridgehead atoms. The second-order valence-corrected chi connectivity index (χ2v) is 23.8. The lowest BCUT2D eigenvalue weighted by molar-refractivity contribution is 0.883. The zero-order valence-electron chi connectivity index (χ0n) is 68.1. The predicted molar refractivity (Wildman–Crippen MR) is 433 cm³/mol. The smallest absolute Gasteiger partial charge is 0.178 e. The Morgan fingerprint density at radius 1 is 0.337 bits per heavy atom. The van der Waals surface area contributed by atoms with Crippen molar-refractivity contribution in [2.75, 3.05) is 0 Å². The van der Waals surface area contributed by atoms with Gasteiger partial charge in [0.15, 0.2) is 5.65 Å². The average molecular weight is 1330 g/mol. The summed E-state index contributed by atoms with van der Waals surface area (Å²) in [6.45, 7) is 68.8. The van der Waals surface area contributed by atoms with E-state index in [9.17, 15) is 0 Å². The van der Waals surface area contributed by atoms with Gasteiger partial charge in [-0.3, -0.25) is 19.9 Å². The minimum absolute atomic E-state index is 0.843. The van der Waals surface area contributed by atoms with E-state index in [2.05, 4.69) is 221 Å². The first-order chi connectivity index (χ1) is 46.9. The second kappa shape index (κ2) is 43.8. The Labute approximate surface area is 596 Å². The van der Waals surface area contributed by atoms with Gasteiger partial charge in [-0.25, -0.2) is 15.0 Å². The van der Waals surface area contributed by atoms with E-state index in [1.165, 1.54) is 150 Å². The van der Waals surface area contributed by atoms with Crippen molar-refractivity contribution in [3.05, 3.63) is 233 Å². The summed E-state index contributed by atoms with van der Waals surface area (Å²) in [6, 6.07) is 17.0. The number of hydrogen-bond donors (Lipinski definition) is 0. The molecular formula is C88H130N10. The molecule has 10 nitrogen and oxygen atoms in total. The molecule has 4 aliphatic rings. The summed E-state index contributed by atoms with van der Waals surface area (Å²) < 4.78 is 6.35. The summed E-state index contributed by atoms with van der Waals surface area (Å²) in [4.78, 5) is 29.9. The molecule has 0 spiro atoms. The van der Waals surface area contributed by atoms with Crippen LogP contribution in [0.2, 0.25) is 0 Å². The second-order valence-electron chi connectivity index (χ2n) is 23.8. The Bertz CT molecular complexity index is 3770. The van der Waals surface area contributed by atoms with Gasteiger partial charge < -0.3 is 13.5 Å². The average Bonchev–Trinajstić information content (AvgIpc) is 1.82. The van der Waals surface area contributed by atoms with E-state index in [-0.39, 0.29) is 0 Å². The lowest BCUT2D eigenvalue weighted by Crippen LogP contribution is -1.92. The fraction of sp³-hybridized carbons (Fsp3) is 0.443. The van der Waals surface area contributed by atoms with Gasteiger partial charge >= 0.3 is 0 Å². The first-order valence-corrected chi connectivity index (χ1v) is 36.5. The highest BCUT2D eigenvalue weighted by molar-refractivity contribution is 5.80. The number of rotatable bonds is 0. The third kappa shape index (κ3) is 21.8. The van der Waals surface area contributed by atoms with Crippen LogP contribution in [0.3, 0.4) is 0 Å². The molecular weight excluding hydrogens is 1200 g/mol. The highest BCUT2D eigenvalue weighted by Crippen LogP contribution is 2.37. The van der Waals surface area contributed by atoms with Gasteiger partial charge in [0.25, 0.3) is 0 Å². The third-order valence-corrected chi connectivity index (χ3v) is 17.8. The summed E-state index contributed by atoms with van der Waals surface area (Å²) in [5.74, 6) is 2.04. The van der Waals surface area contributed by atoms with Crippen molar-refractivity contribution in [1.29, 1.82) is 0 Å². The molecule has 9 aromatic heterocycles. The molecule has 0 unspecified atom stereocenters. The molecule has 10 heteroatoms. The maximum Gasteiger partial charge on any atom is 0.178 e. The Morgan fingerprint density at radius 2 is 0.776 bits per heavy atom. The number of nitrogens with zero attached hydrogens (tertiary/aromatic N) is 10. The van der Waals surface area contributed by atoms with Crippen LogP contribution in [0.5, 0.6) is 0 Å². The molecule has 0 saturated carbocycles. The van der Waals surface area contributed by atoms with Crippen LogP contribution in [0, 0.1) is 76.2 Å². The summed E-state index contributed by atoms with van der Waals surface area (Å²) in [5, 5.41) is 0. The van der Waals surface area contributed by atoms with Gasteiger partial charge in [0.05, 0.1) is 28.4 Å². The van der Waals surface area contributed by atoms with Gasteiger partial charge in [-0.05, 0) is 270 Å². The van der Waals surface area contributed by atoms with E-state index in [1.54, 1.807) is 12.4 Å². The van der Waals surface area contributed by atoms with Gasteiger partial charge in [-0.15, -0.1) is 0 Å². The molecule has 0 fully saturated rings. The van der Waals surface area contributed by atoms with Gasteiger partial charge in [-0.2, -0.15) is 0 Å². The number of fused-ring (bicyclic) bond motifs is 7. The van der Waals surface area contributed by atoms with Crippen molar-refractivity contribution in [2.45, 2.75) is 254 Å². The maximum atomic E-state index is 4.38. The molecule has 98 heavy (non-hydrogen) atoms. The number of benzene rings is 1. The van der Waals surface area contributed by atoms with Crippen LogP contribution in [0.4, 0.5) is 0 Å². The molecule has 14 rings (SSSR count). The molecule has 0 amide bonds. The normalized spacial score (nSPS) is 11.9. The van der Waals surface area contributed by atoms with Gasteiger partial charge in [0, 0.05) is 86.9 Å². The summed E-state index contributed by atoms with van der Waals surface area (Å²) in [7, 11) is 4.04. The molecule has 1 aromatic carbocycles. The lowest BCUT2D eigenvalue weighted by Gasteiger charge is -2.04. The van der Waals surface area contributed by atoms with E-state index >= 15 is 0 Å². The van der Waals surface area contributed by atoms with E-state index in [1.807, 2.05) is 162 Å². The Balaban J connectivity index is 0.000000554. The number of pyridine rings is 6. The Morgan fingerprint density at radius 3 is 1.31 bits per heavy atom. The SMILES string of the molecule is CC.CC.CC.CC.CC.CC.CC.CC1=C(C)c2c(C)cccc2C1.CC1=C(C)c2c(C)ccnc2C1.CC1=C(C)c2c(C)cncc2C1.CC1=C(C)c2c(ccnc2C)C1.Cc1ccnc2nc(C)n(C)c12.Cc1cn2cccc(C)c2c1C.Cc1cncc2nc(C)n(C)c12. The first kappa shape index (κ1) is 87.6.